The van der Waals surface area contributed by atoms with Crippen LogP contribution in [0.4, 0.5) is 5.69 Å². The smallest absolute Gasteiger partial charge is 0.217 e. The van der Waals surface area contributed by atoms with Crippen molar-refractivity contribution in [2.24, 2.45) is 18.7 Å². The highest BCUT2D eigenvalue weighted by atomic mass is 16.1. The van der Waals surface area contributed by atoms with Crippen molar-refractivity contribution in [2.75, 3.05) is 18.0 Å². The topological polar surface area (TPSA) is 64.2 Å². The first-order valence-electron chi connectivity index (χ1n) is 6.58. The number of amides is 1. The van der Waals surface area contributed by atoms with Gasteiger partial charge in [0.15, 0.2) is 0 Å². The number of anilines is 1. The van der Waals surface area contributed by atoms with Crippen molar-refractivity contribution in [1.82, 2.24) is 9.78 Å². The zero-order chi connectivity index (χ0) is 13.4. The minimum Gasteiger partial charge on any atom is -0.371 e. The molecule has 1 aromatic carbocycles. The summed E-state index contributed by atoms with van der Waals surface area (Å²) in [4.78, 5) is 13.3. The number of carbonyl (C=O) groups is 1. The van der Waals surface area contributed by atoms with Crippen LogP contribution in [-0.2, 0) is 11.8 Å². The molecule has 2 heterocycles. The van der Waals surface area contributed by atoms with Crippen molar-refractivity contribution in [3.63, 3.8) is 0 Å². The molecule has 19 heavy (non-hydrogen) atoms. The van der Waals surface area contributed by atoms with Gasteiger partial charge in [0, 0.05) is 37.6 Å². The second-order valence-electron chi connectivity index (χ2n) is 5.28. The van der Waals surface area contributed by atoms with Crippen LogP contribution in [0.2, 0.25) is 0 Å². The van der Waals surface area contributed by atoms with Gasteiger partial charge in [-0.2, -0.15) is 5.10 Å². The fourth-order valence-corrected chi connectivity index (χ4v) is 2.85. The van der Waals surface area contributed by atoms with Crippen molar-refractivity contribution in [2.45, 2.75) is 12.8 Å². The highest BCUT2D eigenvalue weighted by molar-refractivity contribution is 5.82. The lowest BCUT2D eigenvalue weighted by atomic mass is 10.1. The fourth-order valence-electron chi connectivity index (χ4n) is 2.85. The third kappa shape index (κ3) is 2.28. The predicted molar refractivity (Wildman–Crippen MR) is 74.8 cm³/mol. The van der Waals surface area contributed by atoms with E-state index in [-0.39, 0.29) is 5.91 Å². The minimum atomic E-state index is -0.200. The summed E-state index contributed by atoms with van der Waals surface area (Å²) in [5.74, 6) is 0.189. The number of nitrogens with two attached hydrogens (primary N) is 1. The Balaban J connectivity index is 1.81. The number of primary amides is 1. The van der Waals surface area contributed by atoms with Gasteiger partial charge in [-0.1, -0.05) is 0 Å². The highest BCUT2D eigenvalue weighted by Gasteiger charge is 2.24. The van der Waals surface area contributed by atoms with Crippen LogP contribution in [0.3, 0.4) is 0 Å². The Morgan fingerprint density at radius 3 is 3.16 bits per heavy atom. The average Bonchev–Trinajstić information content (AvgIpc) is 2.96. The molecule has 1 saturated heterocycles. The van der Waals surface area contributed by atoms with E-state index in [0.717, 1.165) is 30.4 Å². The van der Waals surface area contributed by atoms with Crippen molar-refractivity contribution >= 4 is 22.5 Å². The minimum absolute atomic E-state index is 0.200. The van der Waals surface area contributed by atoms with Crippen molar-refractivity contribution < 1.29 is 4.79 Å². The van der Waals surface area contributed by atoms with E-state index >= 15 is 0 Å². The molecule has 1 unspecified atom stereocenters. The van der Waals surface area contributed by atoms with E-state index in [1.165, 1.54) is 5.69 Å². The summed E-state index contributed by atoms with van der Waals surface area (Å²) in [7, 11) is 1.95. The summed E-state index contributed by atoms with van der Waals surface area (Å²) >= 11 is 0. The molecular weight excluding hydrogens is 240 g/mol. The zero-order valence-corrected chi connectivity index (χ0v) is 11.0. The van der Waals surface area contributed by atoms with Gasteiger partial charge in [-0.25, -0.2) is 0 Å². The van der Waals surface area contributed by atoms with Crippen LogP contribution in [0.5, 0.6) is 0 Å². The van der Waals surface area contributed by atoms with Crippen molar-refractivity contribution in [3.8, 4) is 0 Å². The maximum absolute atomic E-state index is 11.0. The lowest BCUT2D eigenvalue weighted by molar-refractivity contribution is -0.118. The molecule has 1 fully saturated rings. The van der Waals surface area contributed by atoms with E-state index in [4.69, 9.17) is 5.73 Å². The summed E-state index contributed by atoms with van der Waals surface area (Å²) in [5.41, 5.74) is 7.60. The van der Waals surface area contributed by atoms with Crippen LogP contribution in [0.15, 0.2) is 24.4 Å². The van der Waals surface area contributed by atoms with Crippen LogP contribution in [0.1, 0.15) is 12.8 Å². The maximum atomic E-state index is 11.0. The van der Waals surface area contributed by atoms with Crippen LogP contribution in [-0.4, -0.2) is 28.8 Å². The van der Waals surface area contributed by atoms with Gasteiger partial charge in [-0.05, 0) is 30.5 Å². The first-order valence-corrected chi connectivity index (χ1v) is 6.58. The molecule has 1 aliphatic rings. The Hall–Kier alpha value is -2.04. The summed E-state index contributed by atoms with van der Waals surface area (Å²) in [6, 6.07) is 6.38. The Morgan fingerprint density at radius 1 is 1.53 bits per heavy atom. The first kappa shape index (κ1) is 12.0. The van der Waals surface area contributed by atoms with Gasteiger partial charge in [0.05, 0.1) is 11.7 Å². The van der Waals surface area contributed by atoms with Gasteiger partial charge >= 0.3 is 0 Å². The summed E-state index contributed by atoms with van der Waals surface area (Å²) < 4.78 is 1.88. The quantitative estimate of drug-likeness (QED) is 0.902. The van der Waals surface area contributed by atoms with Crippen molar-refractivity contribution in [1.29, 1.82) is 0 Å². The molecule has 0 bridgehead atoms. The van der Waals surface area contributed by atoms with Gasteiger partial charge in [0.2, 0.25) is 5.91 Å². The molecule has 1 atom stereocenters. The zero-order valence-electron chi connectivity index (χ0n) is 11.0. The molecular formula is C14H18N4O. The number of rotatable bonds is 3. The molecule has 1 aliphatic heterocycles. The Labute approximate surface area is 112 Å². The number of nitrogens with zero attached hydrogens (tertiary/aromatic N) is 3. The molecule has 0 spiro atoms. The predicted octanol–water partition coefficient (Wildman–Crippen LogP) is 1.27. The third-order valence-electron chi connectivity index (χ3n) is 3.87. The Bertz CT molecular complexity index is 619. The maximum Gasteiger partial charge on any atom is 0.217 e. The molecule has 1 aromatic heterocycles. The Kier molecular flexibility index (Phi) is 2.89. The van der Waals surface area contributed by atoms with E-state index in [2.05, 4.69) is 28.2 Å². The monoisotopic (exact) mass is 258 g/mol. The summed E-state index contributed by atoms with van der Waals surface area (Å²) in [5, 5.41) is 5.41. The molecule has 3 rings (SSSR count). The number of carbonyl (C=O) groups excluding carboxylic acids is 1. The second kappa shape index (κ2) is 4.57. The van der Waals surface area contributed by atoms with E-state index < -0.39 is 0 Å². The summed E-state index contributed by atoms with van der Waals surface area (Å²) in [6.07, 6.45) is 3.40. The van der Waals surface area contributed by atoms with Gasteiger partial charge in [-0.15, -0.1) is 0 Å². The fraction of sp³-hybridized carbons (Fsp3) is 0.429. The van der Waals surface area contributed by atoms with Gasteiger partial charge in [0.1, 0.15) is 0 Å². The van der Waals surface area contributed by atoms with E-state index in [9.17, 15) is 4.79 Å². The van der Waals surface area contributed by atoms with E-state index in [1.807, 2.05) is 17.9 Å². The Morgan fingerprint density at radius 2 is 2.37 bits per heavy atom. The number of aromatic nitrogens is 2. The van der Waals surface area contributed by atoms with Crippen LogP contribution in [0, 0.1) is 5.92 Å². The number of aryl methyl sites for hydroxylation is 1. The highest BCUT2D eigenvalue weighted by Crippen LogP contribution is 2.28. The van der Waals surface area contributed by atoms with Crippen molar-refractivity contribution in [3.05, 3.63) is 24.4 Å². The largest absolute Gasteiger partial charge is 0.371 e. The number of hydrogen-bond donors (Lipinski definition) is 1. The lowest BCUT2D eigenvalue weighted by Crippen LogP contribution is -2.22. The van der Waals surface area contributed by atoms with Gasteiger partial charge in [-0.3, -0.25) is 9.48 Å². The normalized spacial score (nSPS) is 19.2. The van der Waals surface area contributed by atoms with Crippen LogP contribution < -0.4 is 10.6 Å². The molecule has 0 saturated carbocycles. The standard InChI is InChI=1S/C14H18N4O/c1-17-13-7-12(3-2-11(13)8-16-17)18-5-4-10(9-18)6-14(15)19/h2-3,7-8,10H,4-6,9H2,1H3,(H2,15,19). The molecule has 5 nitrogen and oxygen atoms in total. The van der Waals surface area contributed by atoms with E-state index in [1.54, 1.807) is 0 Å². The SMILES string of the molecule is Cn1ncc2ccc(N3CCC(CC(N)=O)C3)cc21. The lowest BCUT2D eigenvalue weighted by Gasteiger charge is -2.18. The van der Waals surface area contributed by atoms with Gasteiger partial charge in [0.25, 0.3) is 0 Å². The third-order valence-corrected chi connectivity index (χ3v) is 3.87. The molecule has 2 N–H and O–H groups in total. The van der Waals surface area contributed by atoms with Gasteiger partial charge < -0.3 is 10.6 Å². The van der Waals surface area contributed by atoms with Crippen LogP contribution >= 0.6 is 0 Å². The molecule has 100 valence electrons. The molecule has 5 heteroatoms. The molecule has 2 aromatic rings. The number of hydrogen-bond acceptors (Lipinski definition) is 3. The molecule has 1 amide bonds. The van der Waals surface area contributed by atoms with Crippen LogP contribution in [0.25, 0.3) is 10.9 Å². The number of benzene rings is 1. The van der Waals surface area contributed by atoms with E-state index in [0.29, 0.717) is 12.3 Å². The number of fused-ring (bicyclic) bond motifs is 1. The second-order valence-corrected chi connectivity index (χ2v) is 5.28. The summed E-state index contributed by atoms with van der Waals surface area (Å²) in [6.45, 7) is 1.90. The average molecular weight is 258 g/mol. The first-order chi connectivity index (χ1) is 9.13. The molecule has 0 aliphatic carbocycles. The molecule has 0 radical (unpaired) electrons.